The van der Waals surface area contributed by atoms with Crippen molar-refractivity contribution in [2.75, 3.05) is 13.2 Å². The van der Waals surface area contributed by atoms with Crippen molar-refractivity contribution in [1.82, 2.24) is 5.32 Å². The molecule has 0 aromatic heterocycles. The Kier molecular flexibility index (Phi) is 6.48. The fourth-order valence-corrected chi connectivity index (χ4v) is 1.54. The molecule has 0 heterocycles. The normalized spacial score (nSPS) is 12.8. The molecule has 1 amide bonds. The number of carbonyl (C=O) groups excluding carboxylic acids is 1. The molecule has 1 rings (SSSR count). The summed E-state index contributed by atoms with van der Waals surface area (Å²) in [4.78, 5) is 11.3. The van der Waals surface area contributed by atoms with E-state index in [2.05, 4.69) is 0 Å². The van der Waals surface area contributed by atoms with Crippen molar-refractivity contribution < 1.29 is 27.8 Å². The van der Waals surface area contributed by atoms with Crippen LogP contribution >= 0.6 is 0 Å². The molecule has 0 aliphatic carbocycles. The molecule has 1 aromatic carbocycles. The van der Waals surface area contributed by atoms with E-state index in [1.807, 2.05) is 30.4 Å². The van der Waals surface area contributed by atoms with Crippen LogP contribution in [0, 0.1) is 6.92 Å². The highest BCUT2D eigenvalue weighted by Gasteiger charge is 2.38. The van der Waals surface area contributed by atoms with Crippen molar-refractivity contribution in [1.29, 1.82) is 0 Å². The van der Waals surface area contributed by atoms with Gasteiger partial charge in [0.25, 0.3) is 0 Å². The van der Waals surface area contributed by atoms with Gasteiger partial charge in [0.05, 0.1) is 13.2 Å². The molecule has 118 valence electrons. The van der Waals surface area contributed by atoms with Gasteiger partial charge in [-0.2, -0.15) is 13.2 Å². The number of nitrogens with one attached hydrogen (secondary N) is 1. The highest BCUT2D eigenvalue weighted by Crippen LogP contribution is 2.19. The molecule has 7 heteroatoms. The van der Waals surface area contributed by atoms with E-state index in [4.69, 9.17) is 9.84 Å². The molecule has 0 fully saturated rings. The summed E-state index contributed by atoms with van der Waals surface area (Å²) in [6.45, 7) is 1.38. The summed E-state index contributed by atoms with van der Waals surface area (Å²) < 4.78 is 41.4. The number of rotatable bonds is 7. The van der Waals surface area contributed by atoms with Crippen LogP contribution in [0.15, 0.2) is 24.3 Å². The average Bonchev–Trinajstić information content (AvgIpc) is 2.40. The summed E-state index contributed by atoms with van der Waals surface area (Å²) in [6, 6.07) is 7.40. The summed E-state index contributed by atoms with van der Waals surface area (Å²) in [5.41, 5.74) is 1.05. The van der Waals surface area contributed by atoms with Crippen LogP contribution in [0.4, 0.5) is 13.2 Å². The van der Waals surface area contributed by atoms with Crippen LogP contribution in [-0.4, -0.2) is 36.4 Å². The largest absolute Gasteiger partial charge is 0.494 e. The topological polar surface area (TPSA) is 58.6 Å². The third-order valence-corrected chi connectivity index (χ3v) is 2.68. The van der Waals surface area contributed by atoms with Crippen LogP contribution in [-0.2, 0) is 4.79 Å². The minimum Gasteiger partial charge on any atom is -0.494 e. The quantitative estimate of drug-likeness (QED) is 0.759. The lowest BCUT2D eigenvalue weighted by molar-refractivity contribution is -0.201. The lowest BCUT2D eigenvalue weighted by Crippen LogP contribution is -2.40. The first-order valence-electron chi connectivity index (χ1n) is 6.50. The van der Waals surface area contributed by atoms with Crippen LogP contribution in [0.5, 0.6) is 5.75 Å². The molecule has 1 atom stereocenters. The molecule has 0 saturated carbocycles. The Balaban J connectivity index is 2.16. The van der Waals surface area contributed by atoms with E-state index in [0.717, 1.165) is 5.56 Å². The van der Waals surface area contributed by atoms with Crippen molar-refractivity contribution >= 4 is 5.91 Å². The highest BCUT2D eigenvalue weighted by molar-refractivity contribution is 5.75. The van der Waals surface area contributed by atoms with Crippen molar-refractivity contribution in [3.8, 4) is 5.75 Å². The third-order valence-electron chi connectivity index (χ3n) is 2.68. The number of hydrogen-bond acceptors (Lipinski definition) is 3. The molecule has 0 aliphatic rings. The van der Waals surface area contributed by atoms with Crippen molar-refractivity contribution in [2.24, 2.45) is 0 Å². The summed E-state index contributed by atoms with van der Waals surface area (Å²) >= 11 is 0. The van der Waals surface area contributed by atoms with Gasteiger partial charge < -0.3 is 15.2 Å². The molecular formula is C14H18F3NO3. The molecule has 2 N–H and O–H groups in total. The number of halogens is 3. The molecule has 0 bridgehead atoms. The molecule has 4 nitrogen and oxygen atoms in total. The Bertz CT molecular complexity index is 463. The Morgan fingerprint density at radius 2 is 2.14 bits per heavy atom. The minimum absolute atomic E-state index is 0.0381. The summed E-state index contributed by atoms with van der Waals surface area (Å²) in [5, 5.41) is 10.7. The zero-order valence-corrected chi connectivity index (χ0v) is 11.6. The number of amides is 1. The first kappa shape index (κ1) is 17.3. The SMILES string of the molecule is Cc1cccc(OCCCC(=O)NCC(O)C(F)(F)F)c1. The molecule has 0 saturated heterocycles. The van der Waals surface area contributed by atoms with Crippen molar-refractivity contribution in [3.63, 3.8) is 0 Å². The molecule has 0 radical (unpaired) electrons. The first-order chi connectivity index (χ1) is 9.79. The molecule has 1 unspecified atom stereocenters. The molecule has 1 aromatic rings. The Morgan fingerprint density at radius 3 is 2.76 bits per heavy atom. The highest BCUT2D eigenvalue weighted by atomic mass is 19.4. The maximum absolute atomic E-state index is 12.0. The number of aryl methyl sites for hydroxylation is 1. The fourth-order valence-electron chi connectivity index (χ4n) is 1.54. The Morgan fingerprint density at radius 1 is 1.43 bits per heavy atom. The minimum atomic E-state index is -4.72. The second kappa shape index (κ2) is 7.87. The van der Waals surface area contributed by atoms with E-state index in [1.54, 1.807) is 6.07 Å². The Hall–Kier alpha value is -1.76. The lowest BCUT2D eigenvalue weighted by Gasteiger charge is -2.15. The van der Waals surface area contributed by atoms with Gasteiger partial charge in [-0.1, -0.05) is 12.1 Å². The van der Waals surface area contributed by atoms with Crippen LogP contribution in [0.25, 0.3) is 0 Å². The van der Waals surface area contributed by atoms with Crippen LogP contribution < -0.4 is 10.1 Å². The van der Waals surface area contributed by atoms with Gasteiger partial charge in [-0.3, -0.25) is 4.79 Å². The van der Waals surface area contributed by atoms with E-state index < -0.39 is 24.7 Å². The fraction of sp³-hybridized carbons (Fsp3) is 0.500. The van der Waals surface area contributed by atoms with Crippen molar-refractivity contribution in [3.05, 3.63) is 29.8 Å². The van der Waals surface area contributed by atoms with E-state index in [-0.39, 0.29) is 6.42 Å². The third kappa shape index (κ3) is 6.99. The van der Waals surface area contributed by atoms with Crippen LogP contribution in [0.2, 0.25) is 0 Å². The second-order valence-corrected chi connectivity index (χ2v) is 4.63. The number of alkyl halides is 3. The second-order valence-electron chi connectivity index (χ2n) is 4.63. The summed E-state index contributed by atoms with van der Waals surface area (Å²) in [5.74, 6) is 0.133. The van der Waals surface area contributed by atoms with E-state index in [1.165, 1.54) is 0 Å². The van der Waals surface area contributed by atoms with Gasteiger partial charge >= 0.3 is 6.18 Å². The van der Waals surface area contributed by atoms with Gasteiger partial charge in [-0.25, -0.2) is 0 Å². The van der Waals surface area contributed by atoms with Gasteiger partial charge in [0.15, 0.2) is 6.10 Å². The van der Waals surface area contributed by atoms with Gasteiger partial charge in [0, 0.05) is 6.42 Å². The maximum Gasteiger partial charge on any atom is 0.416 e. The number of ether oxygens (including phenoxy) is 1. The molecule has 0 aliphatic heterocycles. The van der Waals surface area contributed by atoms with Crippen molar-refractivity contribution in [2.45, 2.75) is 32.0 Å². The van der Waals surface area contributed by atoms with Gasteiger partial charge in [0.1, 0.15) is 5.75 Å². The molecule has 0 spiro atoms. The molecular weight excluding hydrogens is 287 g/mol. The van der Waals surface area contributed by atoms with Crippen LogP contribution in [0.3, 0.4) is 0 Å². The van der Waals surface area contributed by atoms with Gasteiger partial charge in [-0.15, -0.1) is 0 Å². The lowest BCUT2D eigenvalue weighted by atomic mass is 10.2. The number of benzene rings is 1. The summed E-state index contributed by atoms with van der Waals surface area (Å²) in [7, 11) is 0. The smallest absolute Gasteiger partial charge is 0.416 e. The van der Waals surface area contributed by atoms with E-state index in [0.29, 0.717) is 18.8 Å². The van der Waals surface area contributed by atoms with Gasteiger partial charge in [-0.05, 0) is 31.0 Å². The molecule has 21 heavy (non-hydrogen) atoms. The Labute approximate surface area is 120 Å². The average molecular weight is 305 g/mol. The zero-order valence-electron chi connectivity index (χ0n) is 11.6. The van der Waals surface area contributed by atoms with E-state index >= 15 is 0 Å². The number of aliphatic hydroxyl groups is 1. The number of hydrogen-bond donors (Lipinski definition) is 2. The maximum atomic E-state index is 12.0. The number of aliphatic hydroxyl groups excluding tert-OH is 1. The van der Waals surface area contributed by atoms with Crippen LogP contribution in [0.1, 0.15) is 18.4 Å². The summed E-state index contributed by atoms with van der Waals surface area (Å²) in [6.07, 6.45) is -6.84. The number of carbonyl (C=O) groups is 1. The van der Waals surface area contributed by atoms with E-state index in [9.17, 15) is 18.0 Å². The monoisotopic (exact) mass is 305 g/mol. The zero-order chi connectivity index (χ0) is 15.9. The predicted molar refractivity (Wildman–Crippen MR) is 71.0 cm³/mol. The van der Waals surface area contributed by atoms with Gasteiger partial charge in [0.2, 0.25) is 5.91 Å². The predicted octanol–water partition coefficient (Wildman–Crippen LogP) is 2.19. The first-order valence-corrected chi connectivity index (χ1v) is 6.50. The standard InChI is InChI=1S/C14H18F3NO3/c1-10-4-2-5-11(8-10)21-7-3-6-13(20)18-9-12(19)14(15,16)17/h2,4-5,8,12,19H,3,6-7,9H2,1H3,(H,18,20).